The van der Waals surface area contributed by atoms with Gasteiger partial charge in [-0.3, -0.25) is 0 Å². The minimum Gasteiger partial charge on any atom is -0.490 e. The van der Waals surface area contributed by atoms with Gasteiger partial charge in [-0.15, -0.1) is 0 Å². The van der Waals surface area contributed by atoms with Gasteiger partial charge in [-0.2, -0.15) is 0 Å². The van der Waals surface area contributed by atoms with Crippen molar-refractivity contribution < 1.29 is 14.2 Å². The fraction of sp³-hybridized carbons (Fsp3) is 0.455. The third kappa shape index (κ3) is 8.39. The molecule has 7 heteroatoms. The molecular weight excluding hydrogens is 368 g/mol. The Morgan fingerprint density at radius 1 is 1.00 bits per heavy atom. The van der Waals surface area contributed by atoms with Gasteiger partial charge in [-0.1, -0.05) is 18.2 Å². The van der Waals surface area contributed by atoms with Crippen molar-refractivity contribution in [1.29, 1.82) is 0 Å². The first-order valence-corrected chi connectivity index (χ1v) is 10.2. The Hall–Kier alpha value is -2.80. The number of hydrogen-bond donors (Lipinski definition) is 2. The molecule has 0 radical (unpaired) electrons. The van der Waals surface area contributed by atoms with E-state index in [1.165, 1.54) is 0 Å². The highest BCUT2D eigenvalue weighted by Crippen LogP contribution is 2.30. The van der Waals surface area contributed by atoms with Gasteiger partial charge in [0.05, 0.1) is 13.2 Å². The van der Waals surface area contributed by atoms with Crippen LogP contribution in [0.1, 0.15) is 32.8 Å². The lowest BCUT2D eigenvalue weighted by Gasteiger charge is -2.12. The van der Waals surface area contributed by atoms with Crippen molar-refractivity contribution in [2.45, 2.75) is 33.7 Å². The Bertz CT molecular complexity index is 735. The van der Waals surface area contributed by atoms with Crippen molar-refractivity contribution in [3.63, 3.8) is 0 Å². The maximum Gasteiger partial charge on any atom is 0.219 e. The van der Waals surface area contributed by atoms with E-state index >= 15 is 0 Å². The normalized spacial score (nSPS) is 11.2. The van der Waals surface area contributed by atoms with Gasteiger partial charge >= 0.3 is 0 Å². The van der Waals surface area contributed by atoms with Crippen LogP contribution in [-0.4, -0.2) is 43.9 Å². The first kappa shape index (κ1) is 22.5. The largest absolute Gasteiger partial charge is 0.490 e. The molecule has 0 unspecified atom stereocenters. The summed E-state index contributed by atoms with van der Waals surface area (Å²) in [6.45, 7) is 10.2. The molecule has 2 rings (SSSR count). The maximum atomic E-state index is 5.86. The van der Waals surface area contributed by atoms with Gasteiger partial charge in [0.15, 0.2) is 17.5 Å². The third-order valence-corrected chi connectivity index (χ3v) is 3.89. The van der Waals surface area contributed by atoms with Crippen LogP contribution in [0, 0.1) is 0 Å². The molecule has 0 spiro atoms. The number of aliphatic imine (C=N–C) groups is 1. The average Bonchev–Trinajstić information content (AvgIpc) is 2.74. The van der Waals surface area contributed by atoms with Gasteiger partial charge in [-0.05, 0) is 44.9 Å². The summed E-state index contributed by atoms with van der Waals surface area (Å²) >= 11 is 0. The number of nitrogens with zero attached hydrogens (tertiary/aromatic N) is 2. The molecule has 0 aliphatic carbocycles. The van der Waals surface area contributed by atoms with Gasteiger partial charge in [0.2, 0.25) is 5.88 Å². The molecule has 7 nitrogen and oxygen atoms in total. The smallest absolute Gasteiger partial charge is 0.219 e. The number of rotatable bonds is 12. The van der Waals surface area contributed by atoms with Crippen LogP contribution >= 0.6 is 0 Å². The quantitative estimate of drug-likeness (QED) is 0.321. The lowest BCUT2D eigenvalue weighted by molar-refractivity contribution is 0.145. The van der Waals surface area contributed by atoms with E-state index in [9.17, 15) is 0 Å². The van der Waals surface area contributed by atoms with E-state index < -0.39 is 0 Å². The Kier molecular flexibility index (Phi) is 10.4. The zero-order valence-corrected chi connectivity index (χ0v) is 17.6. The van der Waals surface area contributed by atoms with Crippen molar-refractivity contribution in [2.75, 3.05) is 32.9 Å². The Morgan fingerprint density at radius 2 is 1.83 bits per heavy atom. The summed E-state index contributed by atoms with van der Waals surface area (Å²) in [5.74, 6) is 2.66. The molecule has 158 valence electrons. The number of aromatic nitrogens is 1. The molecule has 0 bridgehead atoms. The first-order valence-electron chi connectivity index (χ1n) is 10.2. The number of nitrogens with one attached hydrogen (secondary N) is 2. The van der Waals surface area contributed by atoms with E-state index in [4.69, 9.17) is 14.2 Å². The molecule has 2 aromatic rings. The van der Waals surface area contributed by atoms with Crippen molar-refractivity contribution in [3.8, 4) is 17.4 Å². The molecule has 2 N–H and O–H groups in total. The maximum absolute atomic E-state index is 5.86. The average molecular weight is 401 g/mol. The molecule has 1 aromatic carbocycles. The highest BCUT2D eigenvalue weighted by molar-refractivity contribution is 5.79. The van der Waals surface area contributed by atoms with Gasteiger partial charge in [0, 0.05) is 38.6 Å². The van der Waals surface area contributed by atoms with Crippen LogP contribution in [0.3, 0.4) is 0 Å². The fourth-order valence-corrected chi connectivity index (χ4v) is 2.52. The topological polar surface area (TPSA) is 77.0 Å². The van der Waals surface area contributed by atoms with Crippen molar-refractivity contribution >= 4 is 5.96 Å². The molecule has 1 heterocycles. The molecule has 0 atom stereocenters. The number of para-hydroxylation sites is 2. The van der Waals surface area contributed by atoms with E-state index in [1.807, 2.05) is 57.2 Å². The molecule has 0 saturated heterocycles. The zero-order valence-electron chi connectivity index (χ0n) is 17.6. The van der Waals surface area contributed by atoms with E-state index in [0.717, 1.165) is 44.2 Å². The van der Waals surface area contributed by atoms with Gasteiger partial charge in [-0.25, -0.2) is 9.98 Å². The minimum absolute atomic E-state index is 0.519. The second-order valence-corrected chi connectivity index (χ2v) is 6.16. The summed E-state index contributed by atoms with van der Waals surface area (Å²) in [4.78, 5) is 9.00. The molecule has 0 amide bonds. The molecular formula is C22H32N4O3. The summed E-state index contributed by atoms with van der Waals surface area (Å²) in [6, 6.07) is 11.4. The van der Waals surface area contributed by atoms with Gasteiger partial charge in [0.25, 0.3) is 0 Å². The van der Waals surface area contributed by atoms with Crippen LogP contribution in [0.15, 0.2) is 47.6 Å². The first-order chi connectivity index (χ1) is 14.3. The second-order valence-electron chi connectivity index (χ2n) is 6.16. The molecule has 0 fully saturated rings. The highest BCUT2D eigenvalue weighted by atomic mass is 16.5. The summed E-state index contributed by atoms with van der Waals surface area (Å²) in [5, 5.41) is 6.56. The van der Waals surface area contributed by atoms with E-state index in [-0.39, 0.29) is 0 Å². The summed E-state index contributed by atoms with van der Waals surface area (Å²) in [7, 11) is 0. The SMILES string of the molecule is CCNC(=NCc1ccc(Oc2ccccc2OCC)nc1)NCCCOCC. The van der Waals surface area contributed by atoms with Crippen LogP contribution in [0.2, 0.25) is 0 Å². The highest BCUT2D eigenvalue weighted by Gasteiger charge is 2.06. The summed E-state index contributed by atoms with van der Waals surface area (Å²) in [6.07, 6.45) is 2.72. The number of pyridine rings is 1. The number of hydrogen-bond acceptors (Lipinski definition) is 5. The van der Waals surface area contributed by atoms with Crippen LogP contribution in [0.25, 0.3) is 0 Å². The lowest BCUT2D eigenvalue weighted by atomic mass is 10.3. The fourth-order valence-electron chi connectivity index (χ4n) is 2.52. The predicted molar refractivity (Wildman–Crippen MR) is 116 cm³/mol. The van der Waals surface area contributed by atoms with Crippen LogP contribution in [0.4, 0.5) is 0 Å². The molecule has 0 aliphatic heterocycles. The minimum atomic E-state index is 0.519. The van der Waals surface area contributed by atoms with Gasteiger partial charge in [0.1, 0.15) is 0 Å². The van der Waals surface area contributed by atoms with Crippen molar-refractivity contribution in [1.82, 2.24) is 15.6 Å². The molecule has 0 aliphatic rings. The van der Waals surface area contributed by atoms with E-state index in [0.29, 0.717) is 30.5 Å². The van der Waals surface area contributed by atoms with E-state index in [1.54, 1.807) is 6.20 Å². The third-order valence-electron chi connectivity index (χ3n) is 3.89. The number of ether oxygens (including phenoxy) is 3. The molecule has 29 heavy (non-hydrogen) atoms. The van der Waals surface area contributed by atoms with Gasteiger partial charge < -0.3 is 24.8 Å². The number of guanidine groups is 1. The van der Waals surface area contributed by atoms with Crippen LogP contribution in [-0.2, 0) is 11.3 Å². The lowest BCUT2D eigenvalue weighted by Crippen LogP contribution is -2.38. The Morgan fingerprint density at radius 3 is 2.52 bits per heavy atom. The van der Waals surface area contributed by atoms with Crippen LogP contribution in [0.5, 0.6) is 17.4 Å². The monoisotopic (exact) mass is 400 g/mol. The molecule has 0 saturated carbocycles. The van der Waals surface area contributed by atoms with Crippen molar-refractivity contribution in [2.24, 2.45) is 4.99 Å². The Labute approximate surface area is 173 Å². The zero-order chi connectivity index (χ0) is 20.7. The Balaban J connectivity index is 1.90. The van der Waals surface area contributed by atoms with E-state index in [2.05, 4.69) is 20.6 Å². The summed E-state index contributed by atoms with van der Waals surface area (Å²) in [5.41, 5.74) is 1.00. The molecule has 1 aromatic heterocycles. The standard InChI is InChI=1S/C22H32N4O3/c1-4-23-22(24-14-9-15-27-5-2)26-17-18-12-13-21(25-16-18)29-20-11-8-7-10-19(20)28-6-3/h7-8,10-13,16H,4-6,9,14-15,17H2,1-3H3,(H2,23,24,26). The number of benzene rings is 1. The van der Waals surface area contributed by atoms with Crippen molar-refractivity contribution in [3.05, 3.63) is 48.2 Å². The predicted octanol–water partition coefficient (Wildman–Crippen LogP) is 3.75. The van der Waals surface area contributed by atoms with Crippen LogP contribution < -0.4 is 20.1 Å². The second kappa shape index (κ2) is 13.4. The summed E-state index contributed by atoms with van der Waals surface area (Å²) < 4.78 is 16.8.